The second-order valence-electron chi connectivity index (χ2n) is 6.77. The van der Waals surface area contributed by atoms with Crippen molar-refractivity contribution < 1.29 is 9.90 Å². The number of rotatable bonds is 1. The van der Waals surface area contributed by atoms with Gasteiger partial charge in [-0.15, -0.1) is 0 Å². The number of carbonyl (C=O) groups is 1. The molecule has 0 spiro atoms. The third kappa shape index (κ3) is 2.82. The van der Waals surface area contributed by atoms with Crippen molar-refractivity contribution in [3.8, 4) is 0 Å². The molecule has 20 heavy (non-hydrogen) atoms. The lowest BCUT2D eigenvalue weighted by Gasteiger charge is -2.49. The number of hydrogen-bond donors (Lipinski definition) is 2. The zero-order chi connectivity index (χ0) is 14.1. The van der Waals surface area contributed by atoms with Gasteiger partial charge in [-0.1, -0.05) is 12.1 Å². The van der Waals surface area contributed by atoms with Crippen LogP contribution in [-0.2, 0) is 0 Å². The summed E-state index contributed by atoms with van der Waals surface area (Å²) in [5, 5.41) is 8.49. The highest BCUT2D eigenvalue weighted by Gasteiger charge is 2.41. The van der Waals surface area contributed by atoms with Crippen LogP contribution in [-0.4, -0.2) is 11.1 Å². The van der Waals surface area contributed by atoms with E-state index in [1.165, 1.54) is 29.7 Å². The van der Waals surface area contributed by atoms with Crippen LogP contribution >= 0.6 is 0 Å². The number of nitrogens with two attached hydrogens (primary N) is 1. The van der Waals surface area contributed by atoms with E-state index in [1.54, 1.807) is 56.7 Å². The number of carboxylic acid groups (broad SMARTS) is 1. The van der Waals surface area contributed by atoms with Crippen molar-refractivity contribution in [3.63, 3.8) is 0 Å². The van der Waals surface area contributed by atoms with Crippen LogP contribution in [0.15, 0.2) is 24.3 Å². The van der Waals surface area contributed by atoms with Crippen LogP contribution in [0.1, 0.15) is 48.9 Å². The highest BCUT2D eigenvalue weighted by Crippen LogP contribution is 2.53. The van der Waals surface area contributed by atoms with E-state index in [9.17, 15) is 4.79 Å². The first kappa shape index (κ1) is 13.5. The fourth-order valence-electron chi connectivity index (χ4n) is 4.67. The van der Waals surface area contributed by atoms with Crippen molar-refractivity contribution in [2.45, 2.75) is 38.5 Å². The number of nitrogen functional groups attached to an aromatic ring is 1. The Balaban J connectivity index is 0.000000121. The number of anilines is 1. The van der Waals surface area contributed by atoms with Gasteiger partial charge >= 0.3 is 5.97 Å². The molecule has 3 heteroatoms. The lowest BCUT2D eigenvalue weighted by atomic mass is 9.56. The lowest BCUT2D eigenvalue weighted by molar-refractivity contribution is 0.0198. The highest BCUT2D eigenvalue weighted by atomic mass is 16.4. The van der Waals surface area contributed by atoms with Crippen LogP contribution in [0.2, 0.25) is 0 Å². The molecule has 5 rings (SSSR count). The number of benzene rings is 1. The fourth-order valence-corrected chi connectivity index (χ4v) is 4.67. The number of para-hydroxylation sites is 1. The van der Waals surface area contributed by atoms with Gasteiger partial charge in [-0.25, -0.2) is 4.79 Å². The molecule has 4 aliphatic carbocycles. The van der Waals surface area contributed by atoms with Gasteiger partial charge in [0, 0.05) is 5.69 Å². The molecular weight excluding hydrogens is 250 g/mol. The van der Waals surface area contributed by atoms with E-state index in [0.717, 1.165) is 0 Å². The van der Waals surface area contributed by atoms with E-state index in [4.69, 9.17) is 10.8 Å². The molecule has 0 aliphatic heterocycles. The molecule has 4 bridgehead atoms. The van der Waals surface area contributed by atoms with E-state index in [0.29, 0.717) is 5.69 Å². The number of carboxylic acids is 1. The minimum absolute atomic E-state index is 0.155. The Morgan fingerprint density at radius 2 is 1.30 bits per heavy atom. The second kappa shape index (κ2) is 5.47. The molecule has 4 saturated carbocycles. The Morgan fingerprint density at radius 3 is 1.60 bits per heavy atom. The number of aromatic carboxylic acids is 1. The van der Waals surface area contributed by atoms with E-state index < -0.39 is 5.97 Å². The summed E-state index contributed by atoms with van der Waals surface area (Å²) in [5.74, 6) is 3.72. The molecule has 3 N–H and O–H groups in total. The standard InChI is InChI=1S/C10H16.C7H7NO2/c1-7-2-9-4-8(1)5-10(3-7)6-9;8-6-4-2-1-3-5(6)7(9)10/h7-10H,1-6H2;1-4H,8H2,(H,9,10). The van der Waals surface area contributed by atoms with Gasteiger partial charge in [0.1, 0.15) is 0 Å². The highest BCUT2D eigenvalue weighted by molar-refractivity contribution is 5.93. The van der Waals surface area contributed by atoms with Crippen LogP contribution in [0.25, 0.3) is 0 Å². The topological polar surface area (TPSA) is 63.3 Å². The maximum Gasteiger partial charge on any atom is 0.337 e. The monoisotopic (exact) mass is 273 g/mol. The minimum atomic E-state index is -0.988. The summed E-state index contributed by atoms with van der Waals surface area (Å²) < 4.78 is 0. The first-order valence-corrected chi connectivity index (χ1v) is 7.69. The molecule has 0 atom stereocenters. The van der Waals surface area contributed by atoms with Crippen LogP contribution in [0.3, 0.4) is 0 Å². The van der Waals surface area contributed by atoms with Gasteiger partial charge in [0.25, 0.3) is 0 Å². The van der Waals surface area contributed by atoms with E-state index >= 15 is 0 Å². The first-order valence-electron chi connectivity index (χ1n) is 7.69. The quantitative estimate of drug-likeness (QED) is 0.765. The molecule has 0 saturated heterocycles. The second-order valence-corrected chi connectivity index (χ2v) is 6.77. The van der Waals surface area contributed by atoms with Gasteiger partial charge in [0.2, 0.25) is 0 Å². The summed E-state index contributed by atoms with van der Waals surface area (Å²) in [6.07, 6.45) is 9.62. The van der Waals surface area contributed by atoms with Crippen molar-refractivity contribution in [1.29, 1.82) is 0 Å². The lowest BCUT2D eigenvalue weighted by Crippen LogP contribution is -2.38. The largest absolute Gasteiger partial charge is 0.478 e. The summed E-state index contributed by atoms with van der Waals surface area (Å²) in [7, 11) is 0. The average molecular weight is 273 g/mol. The molecule has 3 nitrogen and oxygen atoms in total. The molecule has 4 aliphatic rings. The van der Waals surface area contributed by atoms with Gasteiger partial charge in [0.15, 0.2) is 0 Å². The van der Waals surface area contributed by atoms with Gasteiger partial charge in [-0.3, -0.25) is 0 Å². The summed E-state index contributed by atoms with van der Waals surface area (Å²) >= 11 is 0. The molecule has 0 amide bonds. The zero-order valence-corrected chi connectivity index (χ0v) is 11.8. The first-order chi connectivity index (χ1) is 9.61. The van der Waals surface area contributed by atoms with E-state index in [2.05, 4.69) is 0 Å². The minimum Gasteiger partial charge on any atom is -0.478 e. The predicted octanol–water partition coefficient (Wildman–Crippen LogP) is 3.80. The van der Waals surface area contributed by atoms with Crippen molar-refractivity contribution in [3.05, 3.63) is 29.8 Å². The van der Waals surface area contributed by atoms with Gasteiger partial charge < -0.3 is 10.8 Å². The van der Waals surface area contributed by atoms with Gasteiger partial charge in [-0.2, -0.15) is 0 Å². The summed E-state index contributed by atoms with van der Waals surface area (Å²) in [6.45, 7) is 0. The molecular formula is C17H23NO2. The Labute approximate surface area is 120 Å². The molecule has 0 radical (unpaired) electrons. The van der Waals surface area contributed by atoms with Gasteiger partial charge in [-0.05, 0) is 74.3 Å². The summed E-state index contributed by atoms with van der Waals surface area (Å²) in [5.41, 5.74) is 5.80. The average Bonchev–Trinajstić information content (AvgIpc) is 2.38. The molecule has 1 aromatic carbocycles. The van der Waals surface area contributed by atoms with Crippen LogP contribution in [0.4, 0.5) is 5.69 Å². The SMILES string of the molecule is C1C2CC3CC1CC(C2)C3.Nc1ccccc1C(=O)O. The maximum atomic E-state index is 10.3. The maximum absolute atomic E-state index is 10.3. The van der Waals surface area contributed by atoms with Gasteiger partial charge in [0.05, 0.1) is 5.56 Å². The Bertz CT molecular complexity index is 441. The molecule has 4 fully saturated rings. The van der Waals surface area contributed by atoms with Crippen LogP contribution in [0.5, 0.6) is 0 Å². The van der Waals surface area contributed by atoms with Crippen LogP contribution in [0, 0.1) is 23.7 Å². The fraction of sp³-hybridized carbons (Fsp3) is 0.588. The zero-order valence-electron chi connectivity index (χ0n) is 11.8. The predicted molar refractivity (Wildman–Crippen MR) is 79.5 cm³/mol. The Hall–Kier alpha value is -1.51. The summed E-state index contributed by atoms with van der Waals surface area (Å²) in [6, 6.07) is 6.36. The van der Waals surface area contributed by atoms with Crippen molar-refractivity contribution in [2.24, 2.45) is 23.7 Å². The Morgan fingerprint density at radius 1 is 0.900 bits per heavy atom. The normalized spacial score (nSPS) is 33.4. The van der Waals surface area contributed by atoms with Crippen molar-refractivity contribution >= 4 is 11.7 Å². The molecule has 0 aromatic heterocycles. The molecule has 0 unspecified atom stereocenters. The van der Waals surface area contributed by atoms with E-state index in [1.807, 2.05) is 0 Å². The summed E-state index contributed by atoms with van der Waals surface area (Å²) in [4.78, 5) is 10.3. The smallest absolute Gasteiger partial charge is 0.337 e. The molecule has 0 heterocycles. The number of hydrogen-bond acceptors (Lipinski definition) is 2. The molecule has 108 valence electrons. The molecule has 1 aromatic rings. The Kier molecular flexibility index (Phi) is 3.68. The van der Waals surface area contributed by atoms with Crippen LogP contribution < -0.4 is 5.73 Å². The third-order valence-corrected chi connectivity index (χ3v) is 5.19. The third-order valence-electron chi connectivity index (χ3n) is 5.19. The van der Waals surface area contributed by atoms with E-state index in [-0.39, 0.29) is 5.56 Å². The van der Waals surface area contributed by atoms with Crippen molar-refractivity contribution in [2.75, 3.05) is 5.73 Å². The van der Waals surface area contributed by atoms with Crippen molar-refractivity contribution in [1.82, 2.24) is 0 Å².